The van der Waals surface area contributed by atoms with Gasteiger partial charge < -0.3 is 5.11 Å². The Bertz CT molecular complexity index is 279. The Morgan fingerprint density at radius 2 is 1.92 bits per heavy atom. The molecule has 2 nitrogen and oxygen atoms in total. The molecule has 13 heavy (non-hydrogen) atoms. The second-order valence-corrected chi connectivity index (χ2v) is 3.56. The number of hydrogen-bond donors (Lipinski definition) is 1. The second-order valence-electron chi connectivity index (χ2n) is 2.76. The minimum atomic E-state index is 0.124. The number of hydrogen-bond acceptors (Lipinski definition) is 2. The Hall–Kier alpha value is -0.830. The fraction of sp³-hybridized carbons (Fsp3) is 0.300. The van der Waals surface area contributed by atoms with Gasteiger partial charge in [0, 0.05) is 17.3 Å². The van der Waals surface area contributed by atoms with Gasteiger partial charge in [-0.05, 0) is 30.7 Å². The quantitative estimate of drug-likeness (QED) is 0.652. The Kier molecular flexibility index (Phi) is 3.96. The van der Waals surface area contributed by atoms with Crippen LogP contribution in [0.5, 0.6) is 5.75 Å². The van der Waals surface area contributed by atoms with E-state index in [9.17, 15) is 4.79 Å². The fourth-order valence-electron chi connectivity index (χ4n) is 1.02. The van der Waals surface area contributed by atoms with E-state index >= 15 is 0 Å². The number of ketones is 1. The van der Waals surface area contributed by atoms with Crippen molar-refractivity contribution < 1.29 is 9.90 Å². The lowest BCUT2D eigenvalue weighted by atomic mass is 10.1. The molecule has 0 spiro atoms. The lowest BCUT2D eigenvalue weighted by molar-refractivity contribution is 0.0982. The number of benzene rings is 1. The number of phenols is 1. The topological polar surface area (TPSA) is 37.3 Å². The van der Waals surface area contributed by atoms with Crippen LogP contribution < -0.4 is 0 Å². The molecule has 0 aliphatic heterocycles. The molecular formula is C10H11BrO2. The van der Waals surface area contributed by atoms with Gasteiger partial charge in [-0.1, -0.05) is 15.9 Å². The molecule has 0 aromatic heterocycles. The first-order chi connectivity index (χ1) is 6.24. The third kappa shape index (κ3) is 3.19. The number of Topliss-reactive ketones (excluding diaryl/α,β-unsaturated/α-hetero) is 1. The van der Waals surface area contributed by atoms with Crippen molar-refractivity contribution >= 4 is 21.7 Å². The number of rotatable bonds is 4. The highest BCUT2D eigenvalue weighted by molar-refractivity contribution is 9.09. The van der Waals surface area contributed by atoms with Crippen LogP contribution in [-0.4, -0.2) is 16.2 Å². The normalized spacial score (nSPS) is 9.92. The predicted octanol–water partition coefficient (Wildman–Crippen LogP) is 2.75. The standard InChI is InChI=1S/C10H11BrO2/c11-7-1-2-10(13)8-3-5-9(12)6-4-8/h3-6,12H,1-2,7H2. The lowest BCUT2D eigenvalue weighted by Gasteiger charge is -1.99. The molecule has 0 atom stereocenters. The Labute approximate surface area is 85.7 Å². The Balaban J connectivity index is 2.61. The summed E-state index contributed by atoms with van der Waals surface area (Å²) in [6.07, 6.45) is 1.40. The third-order valence-electron chi connectivity index (χ3n) is 1.73. The molecule has 0 aliphatic carbocycles. The molecule has 1 N–H and O–H groups in total. The zero-order valence-electron chi connectivity index (χ0n) is 7.16. The smallest absolute Gasteiger partial charge is 0.162 e. The van der Waals surface area contributed by atoms with Crippen molar-refractivity contribution in [2.24, 2.45) is 0 Å². The molecular weight excluding hydrogens is 232 g/mol. The number of halogens is 1. The number of carbonyl (C=O) groups excluding carboxylic acids is 1. The van der Waals surface area contributed by atoms with E-state index in [1.165, 1.54) is 12.1 Å². The van der Waals surface area contributed by atoms with E-state index in [0.29, 0.717) is 12.0 Å². The molecule has 0 radical (unpaired) electrons. The average Bonchev–Trinajstić information content (AvgIpc) is 2.15. The van der Waals surface area contributed by atoms with Crippen LogP contribution >= 0.6 is 15.9 Å². The molecule has 1 rings (SSSR count). The molecule has 0 bridgehead atoms. The second kappa shape index (κ2) is 5.02. The highest BCUT2D eigenvalue weighted by atomic mass is 79.9. The summed E-state index contributed by atoms with van der Waals surface area (Å²) in [5.74, 6) is 0.316. The molecule has 0 fully saturated rings. The summed E-state index contributed by atoms with van der Waals surface area (Å²) < 4.78 is 0. The zero-order valence-corrected chi connectivity index (χ0v) is 8.75. The maximum Gasteiger partial charge on any atom is 0.162 e. The molecule has 0 saturated heterocycles. The van der Waals surface area contributed by atoms with E-state index in [2.05, 4.69) is 15.9 Å². The molecule has 0 saturated carbocycles. The molecule has 0 unspecified atom stereocenters. The van der Waals surface area contributed by atoms with Crippen LogP contribution in [0.4, 0.5) is 0 Å². The van der Waals surface area contributed by atoms with Gasteiger partial charge in [-0.15, -0.1) is 0 Å². The maximum atomic E-state index is 11.4. The van der Waals surface area contributed by atoms with Crippen molar-refractivity contribution in [1.82, 2.24) is 0 Å². The van der Waals surface area contributed by atoms with Gasteiger partial charge in [0.2, 0.25) is 0 Å². The summed E-state index contributed by atoms with van der Waals surface area (Å²) in [4.78, 5) is 11.4. The maximum absolute atomic E-state index is 11.4. The van der Waals surface area contributed by atoms with Gasteiger partial charge in [-0.25, -0.2) is 0 Å². The molecule has 3 heteroatoms. The first kappa shape index (κ1) is 10.3. The van der Waals surface area contributed by atoms with E-state index in [0.717, 1.165) is 11.8 Å². The van der Waals surface area contributed by atoms with E-state index in [1.807, 2.05) is 0 Å². The van der Waals surface area contributed by atoms with Crippen LogP contribution in [0, 0.1) is 0 Å². The van der Waals surface area contributed by atoms with Crippen molar-refractivity contribution in [2.45, 2.75) is 12.8 Å². The lowest BCUT2D eigenvalue weighted by Crippen LogP contribution is -1.98. The summed E-state index contributed by atoms with van der Waals surface area (Å²) in [5.41, 5.74) is 0.666. The van der Waals surface area contributed by atoms with Crippen molar-refractivity contribution in [2.75, 3.05) is 5.33 Å². The highest BCUT2D eigenvalue weighted by Crippen LogP contribution is 2.12. The average molecular weight is 243 g/mol. The molecule has 0 heterocycles. The molecule has 70 valence electrons. The van der Waals surface area contributed by atoms with Gasteiger partial charge in [0.15, 0.2) is 5.78 Å². The van der Waals surface area contributed by atoms with E-state index in [4.69, 9.17) is 5.11 Å². The summed E-state index contributed by atoms with van der Waals surface area (Å²) in [6.45, 7) is 0. The van der Waals surface area contributed by atoms with Crippen LogP contribution in [0.1, 0.15) is 23.2 Å². The molecule has 0 aliphatic rings. The Morgan fingerprint density at radius 1 is 1.31 bits per heavy atom. The van der Waals surface area contributed by atoms with Gasteiger partial charge in [0.25, 0.3) is 0 Å². The van der Waals surface area contributed by atoms with Crippen LogP contribution in [0.2, 0.25) is 0 Å². The molecule has 0 amide bonds. The van der Waals surface area contributed by atoms with Gasteiger partial charge in [-0.2, -0.15) is 0 Å². The SMILES string of the molecule is O=C(CCCBr)c1ccc(O)cc1. The van der Waals surface area contributed by atoms with Crippen molar-refractivity contribution in [1.29, 1.82) is 0 Å². The number of alkyl halides is 1. The highest BCUT2D eigenvalue weighted by Gasteiger charge is 2.04. The van der Waals surface area contributed by atoms with Gasteiger partial charge in [0.05, 0.1) is 0 Å². The van der Waals surface area contributed by atoms with Gasteiger partial charge >= 0.3 is 0 Å². The number of carbonyl (C=O) groups is 1. The number of aromatic hydroxyl groups is 1. The van der Waals surface area contributed by atoms with E-state index in [-0.39, 0.29) is 11.5 Å². The van der Waals surface area contributed by atoms with Crippen molar-refractivity contribution in [3.63, 3.8) is 0 Å². The fourth-order valence-corrected chi connectivity index (χ4v) is 1.30. The van der Waals surface area contributed by atoms with Crippen LogP contribution in [0.3, 0.4) is 0 Å². The zero-order chi connectivity index (χ0) is 9.68. The summed E-state index contributed by atoms with van der Waals surface area (Å²) in [7, 11) is 0. The van der Waals surface area contributed by atoms with Crippen molar-refractivity contribution in [3.05, 3.63) is 29.8 Å². The summed E-state index contributed by atoms with van der Waals surface area (Å²) in [5, 5.41) is 9.84. The van der Waals surface area contributed by atoms with Crippen LogP contribution in [0.15, 0.2) is 24.3 Å². The van der Waals surface area contributed by atoms with E-state index < -0.39 is 0 Å². The first-order valence-electron chi connectivity index (χ1n) is 4.12. The van der Waals surface area contributed by atoms with Gasteiger partial charge in [-0.3, -0.25) is 4.79 Å². The Morgan fingerprint density at radius 3 is 2.46 bits per heavy atom. The molecule has 1 aromatic rings. The predicted molar refractivity (Wildman–Crippen MR) is 55.5 cm³/mol. The minimum absolute atomic E-state index is 0.124. The largest absolute Gasteiger partial charge is 0.508 e. The van der Waals surface area contributed by atoms with Crippen LogP contribution in [0.25, 0.3) is 0 Å². The molecule has 1 aromatic carbocycles. The first-order valence-corrected chi connectivity index (χ1v) is 5.24. The minimum Gasteiger partial charge on any atom is -0.508 e. The van der Waals surface area contributed by atoms with E-state index in [1.54, 1.807) is 12.1 Å². The third-order valence-corrected chi connectivity index (χ3v) is 2.29. The summed E-state index contributed by atoms with van der Waals surface area (Å²) >= 11 is 3.27. The number of phenolic OH excluding ortho intramolecular Hbond substituents is 1. The van der Waals surface area contributed by atoms with Crippen LogP contribution in [-0.2, 0) is 0 Å². The monoisotopic (exact) mass is 242 g/mol. The van der Waals surface area contributed by atoms with Crippen molar-refractivity contribution in [3.8, 4) is 5.75 Å². The summed E-state index contributed by atoms with van der Waals surface area (Å²) in [6, 6.07) is 6.35. The van der Waals surface area contributed by atoms with Gasteiger partial charge in [0.1, 0.15) is 5.75 Å².